The van der Waals surface area contributed by atoms with Gasteiger partial charge in [0.1, 0.15) is 0 Å². The molecule has 0 aliphatic heterocycles. The van der Waals surface area contributed by atoms with Crippen LogP contribution < -0.4 is 33.6 Å². The van der Waals surface area contributed by atoms with Crippen molar-refractivity contribution in [2.45, 2.75) is 6.54 Å². The molecule has 0 saturated heterocycles. The lowest BCUT2D eigenvalue weighted by atomic mass is 10.2. The van der Waals surface area contributed by atoms with Crippen LogP contribution in [0.3, 0.4) is 0 Å². The summed E-state index contributed by atoms with van der Waals surface area (Å²) in [7, 11) is 0. The molecule has 0 spiro atoms. The first-order valence-corrected chi connectivity index (χ1v) is 6.04. The number of hydrogen-bond donors (Lipinski definition) is 3. The van der Waals surface area contributed by atoms with E-state index in [0.29, 0.717) is 5.56 Å². The minimum atomic E-state index is -0.370. The van der Waals surface area contributed by atoms with Gasteiger partial charge in [0.25, 0.3) is 11.8 Å². The molecule has 0 radical (unpaired) electrons. The first-order valence-electron chi connectivity index (χ1n) is 6.04. The van der Waals surface area contributed by atoms with Crippen LogP contribution in [0, 0.1) is 0 Å². The van der Waals surface area contributed by atoms with Gasteiger partial charge in [-0.25, -0.2) is 5.84 Å². The number of rotatable bonds is 4. The van der Waals surface area contributed by atoms with Crippen molar-refractivity contribution in [1.82, 2.24) is 5.43 Å². The molecule has 0 unspecified atom stereocenters. The van der Waals surface area contributed by atoms with Gasteiger partial charge in [-0.3, -0.25) is 15.0 Å². The Morgan fingerprint density at radius 1 is 1.05 bits per heavy atom. The Hall–Kier alpha value is -2.44. The van der Waals surface area contributed by atoms with Crippen LogP contribution in [-0.2, 0) is 11.3 Å². The first kappa shape index (κ1) is 16.6. The molecule has 0 atom stereocenters. The smallest absolute Gasteiger partial charge is 0.290 e. The van der Waals surface area contributed by atoms with Crippen molar-refractivity contribution in [3.8, 4) is 0 Å². The Morgan fingerprint density at radius 3 is 2.24 bits per heavy atom. The maximum Gasteiger partial charge on any atom is 0.290 e. The maximum atomic E-state index is 11.8. The van der Waals surface area contributed by atoms with Crippen molar-refractivity contribution in [2.75, 3.05) is 5.32 Å². The minimum absolute atomic E-state index is 0. The zero-order valence-electron chi connectivity index (χ0n) is 11.1. The van der Waals surface area contributed by atoms with Gasteiger partial charge in [0.2, 0.25) is 6.54 Å². The minimum Gasteiger partial charge on any atom is -1.00 e. The van der Waals surface area contributed by atoms with E-state index in [1.807, 2.05) is 35.8 Å². The highest BCUT2D eigenvalue weighted by atomic mass is 35.5. The van der Waals surface area contributed by atoms with Gasteiger partial charge >= 0.3 is 0 Å². The number of benzene rings is 1. The van der Waals surface area contributed by atoms with Crippen LogP contribution >= 0.6 is 0 Å². The number of carbonyl (C=O) groups is 2. The number of hydrazine groups is 1. The van der Waals surface area contributed by atoms with Gasteiger partial charge in [0.05, 0.1) is 5.56 Å². The van der Waals surface area contributed by atoms with E-state index in [2.05, 4.69) is 5.32 Å². The second-order valence-corrected chi connectivity index (χ2v) is 4.15. The Morgan fingerprint density at radius 2 is 1.67 bits per heavy atom. The van der Waals surface area contributed by atoms with Crippen molar-refractivity contribution in [3.63, 3.8) is 0 Å². The molecule has 0 bridgehead atoms. The van der Waals surface area contributed by atoms with E-state index in [4.69, 9.17) is 5.84 Å². The number of aromatic nitrogens is 1. The van der Waals surface area contributed by atoms with Crippen molar-refractivity contribution in [2.24, 2.45) is 5.84 Å². The molecule has 7 heteroatoms. The topological polar surface area (TPSA) is 88.1 Å². The second kappa shape index (κ2) is 7.98. The molecule has 0 saturated carbocycles. The lowest BCUT2D eigenvalue weighted by molar-refractivity contribution is -0.684. The van der Waals surface area contributed by atoms with Crippen molar-refractivity contribution in [3.05, 3.63) is 60.4 Å². The van der Waals surface area contributed by atoms with Gasteiger partial charge in [0, 0.05) is 17.8 Å². The highest BCUT2D eigenvalue weighted by molar-refractivity contribution is 5.93. The summed E-state index contributed by atoms with van der Waals surface area (Å²) in [5.41, 5.74) is 3.23. The standard InChI is InChI=1S/C14H14N4O2.ClH/c15-17-14(20)11-6-8-18(9-7-11)10-13(19)16-12-4-2-1-3-5-12;/h1-9,15H,10H2,(H2,16,19,20);1H. The summed E-state index contributed by atoms with van der Waals surface area (Å²) in [6.45, 7) is 0.166. The number of halogens is 1. The van der Waals surface area contributed by atoms with Crippen molar-refractivity contribution >= 4 is 17.5 Å². The molecule has 0 aliphatic rings. The Labute approximate surface area is 128 Å². The second-order valence-electron chi connectivity index (χ2n) is 4.15. The van der Waals surface area contributed by atoms with Crippen LogP contribution in [0.4, 0.5) is 5.69 Å². The Balaban J connectivity index is 0.00000220. The molecule has 1 aromatic carbocycles. The molecule has 6 nitrogen and oxygen atoms in total. The summed E-state index contributed by atoms with van der Waals surface area (Å²) in [5, 5.41) is 2.78. The zero-order chi connectivity index (χ0) is 14.4. The largest absolute Gasteiger partial charge is 1.00 e. The number of nitrogens with one attached hydrogen (secondary N) is 2. The van der Waals surface area contributed by atoms with Gasteiger partial charge in [-0.1, -0.05) is 18.2 Å². The Kier molecular flexibility index (Phi) is 6.32. The number of amides is 2. The molecule has 2 amide bonds. The summed E-state index contributed by atoms with van der Waals surface area (Å²) >= 11 is 0. The van der Waals surface area contributed by atoms with Crippen molar-refractivity contribution < 1.29 is 26.6 Å². The molecule has 1 aromatic heterocycles. The number of carbonyl (C=O) groups excluding carboxylic acids is 2. The number of pyridine rings is 1. The lowest BCUT2D eigenvalue weighted by Gasteiger charge is -2.02. The molecule has 21 heavy (non-hydrogen) atoms. The van der Waals surface area contributed by atoms with E-state index >= 15 is 0 Å². The van der Waals surface area contributed by atoms with Gasteiger partial charge in [-0.05, 0) is 12.1 Å². The molecule has 0 fully saturated rings. The first-order chi connectivity index (χ1) is 9.69. The van der Waals surface area contributed by atoms with E-state index in [1.54, 1.807) is 29.1 Å². The summed E-state index contributed by atoms with van der Waals surface area (Å²) in [5.74, 6) is 4.53. The number of hydrogen-bond acceptors (Lipinski definition) is 3. The monoisotopic (exact) mass is 306 g/mol. The predicted molar refractivity (Wildman–Crippen MR) is 73.4 cm³/mol. The third kappa shape index (κ3) is 4.87. The molecule has 2 aromatic rings. The fourth-order valence-electron chi connectivity index (χ4n) is 1.69. The number of nitrogen functional groups attached to an aromatic ring is 1. The molecule has 1 heterocycles. The third-order valence-electron chi connectivity index (χ3n) is 2.67. The number of anilines is 1. The average Bonchev–Trinajstić information content (AvgIpc) is 2.48. The van der Waals surface area contributed by atoms with Crippen LogP contribution in [0.25, 0.3) is 0 Å². The van der Waals surface area contributed by atoms with Gasteiger partial charge in [-0.15, -0.1) is 0 Å². The normalized spacial score (nSPS) is 9.38. The fraction of sp³-hybridized carbons (Fsp3) is 0.0714. The Bertz CT molecular complexity index is 602. The van der Waals surface area contributed by atoms with E-state index in [1.165, 1.54) is 0 Å². The lowest BCUT2D eigenvalue weighted by Crippen LogP contribution is -3.00. The van der Waals surface area contributed by atoms with E-state index in [9.17, 15) is 9.59 Å². The molecule has 110 valence electrons. The molecular weight excluding hydrogens is 292 g/mol. The highest BCUT2D eigenvalue weighted by Gasteiger charge is 2.11. The summed E-state index contributed by atoms with van der Waals surface area (Å²) in [6, 6.07) is 12.4. The molecule has 2 rings (SSSR count). The third-order valence-corrected chi connectivity index (χ3v) is 2.67. The number of nitrogens with zero attached hydrogens (tertiary/aromatic N) is 1. The molecule has 4 N–H and O–H groups in total. The van der Waals surface area contributed by atoms with Gasteiger partial charge in [-0.2, -0.15) is 4.57 Å². The SMILES string of the molecule is NNC(=O)c1cc[n+](CC(=O)Nc2ccccc2)cc1.[Cl-]. The number of nitrogens with two attached hydrogens (primary N) is 1. The van der Waals surface area contributed by atoms with Gasteiger partial charge in [0.15, 0.2) is 12.4 Å². The quantitative estimate of drug-likeness (QED) is 0.247. The van der Waals surface area contributed by atoms with Crippen LogP contribution in [0.2, 0.25) is 0 Å². The van der Waals surface area contributed by atoms with E-state index in [0.717, 1.165) is 5.69 Å². The molecule has 0 aliphatic carbocycles. The van der Waals surface area contributed by atoms with E-state index in [-0.39, 0.29) is 30.8 Å². The fourth-order valence-corrected chi connectivity index (χ4v) is 1.69. The maximum absolute atomic E-state index is 11.8. The van der Waals surface area contributed by atoms with E-state index < -0.39 is 0 Å². The summed E-state index contributed by atoms with van der Waals surface area (Å²) in [6.07, 6.45) is 3.30. The number of para-hydroxylation sites is 1. The van der Waals surface area contributed by atoms with Crippen LogP contribution in [0.15, 0.2) is 54.9 Å². The predicted octanol–water partition coefficient (Wildman–Crippen LogP) is -2.78. The zero-order valence-corrected chi connectivity index (χ0v) is 11.9. The van der Waals surface area contributed by atoms with Crippen LogP contribution in [0.1, 0.15) is 10.4 Å². The van der Waals surface area contributed by atoms with Crippen molar-refractivity contribution in [1.29, 1.82) is 0 Å². The van der Waals surface area contributed by atoms with Crippen LogP contribution in [0.5, 0.6) is 0 Å². The summed E-state index contributed by atoms with van der Waals surface area (Å²) < 4.78 is 1.67. The average molecular weight is 307 g/mol. The molecular formula is C14H15ClN4O2. The van der Waals surface area contributed by atoms with Crippen LogP contribution in [-0.4, -0.2) is 11.8 Å². The highest BCUT2D eigenvalue weighted by Crippen LogP contribution is 2.04. The van der Waals surface area contributed by atoms with Gasteiger partial charge < -0.3 is 17.7 Å². The summed E-state index contributed by atoms with van der Waals surface area (Å²) in [4.78, 5) is 23.1.